The van der Waals surface area contributed by atoms with Crippen LogP contribution in [0, 0.1) is 5.92 Å². The van der Waals surface area contributed by atoms with Crippen LogP contribution in [0.3, 0.4) is 0 Å². The van der Waals surface area contributed by atoms with Crippen molar-refractivity contribution in [2.24, 2.45) is 5.92 Å². The number of amides is 1. The van der Waals surface area contributed by atoms with E-state index in [-0.39, 0.29) is 5.91 Å². The van der Waals surface area contributed by atoms with E-state index < -0.39 is 11.5 Å². The number of aliphatic carboxylic acids is 1. The Balaban J connectivity index is 2.96. The van der Waals surface area contributed by atoms with Crippen LogP contribution in [0.25, 0.3) is 0 Å². The molecule has 0 aromatic rings. The van der Waals surface area contributed by atoms with Crippen molar-refractivity contribution in [1.29, 1.82) is 0 Å². The first-order chi connectivity index (χ1) is 9.47. The van der Waals surface area contributed by atoms with Gasteiger partial charge in [0.25, 0.3) is 0 Å². The van der Waals surface area contributed by atoms with Crippen molar-refractivity contribution >= 4 is 11.9 Å². The molecular weight excluding hydrogens is 254 g/mol. The summed E-state index contributed by atoms with van der Waals surface area (Å²) in [6.45, 7) is 6.20. The number of hydrogen-bond donors (Lipinski definition) is 1. The first-order valence-corrected chi connectivity index (χ1v) is 7.99. The zero-order chi connectivity index (χ0) is 15.2. The number of rotatable bonds is 6. The van der Waals surface area contributed by atoms with Gasteiger partial charge in [-0.15, -0.1) is 0 Å². The highest BCUT2D eigenvalue weighted by atomic mass is 16.4. The molecule has 1 aliphatic rings. The Labute approximate surface area is 122 Å². The summed E-state index contributed by atoms with van der Waals surface area (Å²) in [5.41, 5.74) is -0.968. The van der Waals surface area contributed by atoms with Gasteiger partial charge in [0.2, 0.25) is 5.91 Å². The zero-order valence-electron chi connectivity index (χ0n) is 13.2. The van der Waals surface area contributed by atoms with Crippen molar-refractivity contribution in [1.82, 2.24) is 4.90 Å². The van der Waals surface area contributed by atoms with E-state index >= 15 is 0 Å². The largest absolute Gasteiger partial charge is 0.479 e. The normalized spacial score (nSPS) is 26.9. The molecule has 0 radical (unpaired) electrons. The lowest BCUT2D eigenvalue weighted by Crippen LogP contribution is -2.56. The van der Waals surface area contributed by atoms with Crippen molar-refractivity contribution < 1.29 is 14.7 Å². The highest BCUT2D eigenvalue weighted by molar-refractivity contribution is 5.86. The van der Waals surface area contributed by atoms with E-state index in [9.17, 15) is 14.7 Å². The first kappa shape index (κ1) is 17.0. The van der Waals surface area contributed by atoms with Gasteiger partial charge in [0.1, 0.15) is 5.54 Å². The third-order valence-corrected chi connectivity index (χ3v) is 4.61. The van der Waals surface area contributed by atoms with Gasteiger partial charge in [-0.25, -0.2) is 4.79 Å². The molecule has 0 bridgehead atoms. The zero-order valence-corrected chi connectivity index (χ0v) is 13.2. The van der Waals surface area contributed by atoms with Gasteiger partial charge >= 0.3 is 5.97 Å². The van der Waals surface area contributed by atoms with Gasteiger partial charge in [-0.3, -0.25) is 4.79 Å². The summed E-state index contributed by atoms with van der Waals surface area (Å²) in [5, 5.41) is 9.78. The SMILES string of the molecule is CCCC1CCCC(C(=O)O)(N(CCC)C(C)=O)CC1. The molecule has 20 heavy (non-hydrogen) atoms. The van der Waals surface area contributed by atoms with Crippen LogP contribution in [0.5, 0.6) is 0 Å². The number of hydrogen-bond acceptors (Lipinski definition) is 2. The molecule has 0 saturated heterocycles. The lowest BCUT2D eigenvalue weighted by molar-refractivity contribution is -0.160. The van der Waals surface area contributed by atoms with Crippen molar-refractivity contribution in [2.45, 2.75) is 77.7 Å². The summed E-state index contributed by atoms with van der Waals surface area (Å²) in [6.07, 6.45) is 7.25. The average Bonchev–Trinajstić information content (AvgIpc) is 2.60. The van der Waals surface area contributed by atoms with Crippen molar-refractivity contribution in [3.63, 3.8) is 0 Å². The van der Waals surface area contributed by atoms with Gasteiger partial charge in [-0.05, 0) is 31.6 Å². The van der Waals surface area contributed by atoms with Crippen LogP contribution in [0.1, 0.15) is 72.1 Å². The summed E-state index contributed by atoms with van der Waals surface area (Å²) in [6, 6.07) is 0. The summed E-state index contributed by atoms with van der Waals surface area (Å²) < 4.78 is 0. The third kappa shape index (κ3) is 3.74. The molecule has 0 aromatic carbocycles. The van der Waals surface area contributed by atoms with Gasteiger partial charge in [-0.2, -0.15) is 0 Å². The minimum atomic E-state index is -0.968. The second kappa shape index (κ2) is 7.65. The Morgan fingerprint density at radius 3 is 2.40 bits per heavy atom. The summed E-state index contributed by atoms with van der Waals surface area (Å²) in [7, 11) is 0. The molecule has 0 aliphatic heterocycles. The Morgan fingerprint density at radius 2 is 1.90 bits per heavy atom. The van der Waals surface area contributed by atoms with Gasteiger partial charge in [0.15, 0.2) is 0 Å². The summed E-state index contributed by atoms with van der Waals surface area (Å²) in [4.78, 5) is 25.5. The number of carboxylic acids is 1. The average molecular weight is 283 g/mol. The standard InChI is InChI=1S/C16H29NO3/c1-4-7-14-8-6-10-16(11-9-14,15(19)20)17(12-5-2)13(3)18/h14H,4-12H2,1-3H3,(H,19,20). The maximum atomic E-state index is 11.9. The molecule has 1 rings (SSSR count). The lowest BCUT2D eigenvalue weighted by Gasteiger charge is -2.40. The molecule has 2 unspecified atom stereocenters. The fraction of sp³-hybridized carbons (Fsp3) is 0.875. The predicted molar refractivity (Wildman–Crippen MR) is 79.5 cm³/mol. The van der Waals surface area contributed by atoms with E-state index in [1.807, 2.05) is 6.92 Å². The fourth-order valence-corrected chi connectivity index (χ4v) is 3.59. The maximum Gasteiger partial charge on any atom is 0.329 e. The topological polar surface area (TPSA) is 57.6 Å². The number of carboxylic acid groups (broad SMARTS) is 1. The maximum absolute atomic E-state index is 11.9. The quantitative estimate of drug-likeness (QED) is 0.760. The predicted octanol–water partition coefficient (Wildman–Crippen LogP) is 3.45. The van der Waals surface area contributed by atoms with Gasteiger partial charge in [0, 0.05) is 13.5 Å². The number of nitrogens with zero attached hydrogens (tertiary/aromatic N) is 1. The van der Waals surface area contributed by atoms with Crippen molar-refractivity contribution in [3.8, 4) is 0 Å². The third-order valence-electron chi connectivity index (χ3n) is 4.61. The van der Waals surface area contributed by atoms with E-state index in [1.165, 1.54) is 13.3 Å². The monoisotopic (exact) mass is 283 g/mol. The number of carbonyl (C=O) groups is 2. The second-order valence-electron chi connectivity index (χ2n) is 6.09. The van der Waals surface area contributed by atoms with Crippen LogP contribution in [0.15, 0.2) is 0 Å². The Hall–Kier alpha value is -1.06. The molecule has 0 spiro atoms. The van der Waals surface area contributed by atoms with Gasteiger partial charge < -0.3 is 10.0 Å². The molecule has 0 heterocycles. The van der Waals surface area contributed by atoms with E-state index in [1.54, 1.807) is 4.90 Å². The molecule has 1 saturated carbocycles. The molecule has 4 heteroatoms. The van der Waals surface area contributed by atoms with E-state index in [0.29, 0.717) is 25.3 Å². The van der Waals surface area contributed by atoms with E-state index in [4.69, 9.17) is 0 Å². The number of carbonyl (C=O) groups excluding carboxylic acids is 1. The summed E-state index contributed by atoms with van der Waals surface area (Å²) in [5.74, 6) is -0.307. The first-order valence-electron chi connectivity index (χ1n) is 7.99. The molecule has 1 amide bonds. The van der Waals surface area contributed by atoms with Crippen LogP contribution >= 0.6 is 0 Å². The molecular formula is C16H29NO3. The highest BCUT2D eigenvalue weighted by Gasteiger charge is 2.46. The van der Waals surface area contributed by atoms with Gasteiger partial charge in [0.05, 0.1) is 0 Å². The molecule has 0 aromatic heterocycles. The minimum absolute atomic E-state index is 0.108. The second-order valence-corrected chi connectivity index (χ2v) is 6.09. The van der Waals surface area contributed by atoms with Crippen LogP contribution < -0.4 is 0 Å². The minimum Gasteiger partial charge on any atom is -0.479 e. The Kier molecular flexibility index (Phi) is 6.50. The van der Waals surface area contributed by atoms with E-state index in [2.05, 4.69) is 6.92 Å². The highest BCUT2D eigenvalue weighted by Crippen LogP contribution is 2.37. The molecule has 2 atom stereocenters. The molecule has 116 valence electrons. The molecule has 4 nitrogen and oxygen atoms in total. The Morgan fingerprint density at radius 1 is 1.20 bits per heavy atom. The molecule has 1 aliphatic carbocycles. The van der Waals surface area contributed by atoms with Crippen molar-refractivity contribution in [3.05, 3.63) is 0 Å². The van der Waals surface area contributed by atoms with Crippen LogP contribution in [0.2, 0.25) is 0 Å². The van der Waals surface area contributed by atoms with Crippen LogP contribution in [0.4, 0.5) is 0 Å². The lowest BCUT2D eigenvalue weighted by atomic mass is 9.86. The smallest absolute Gasteiger partial charge is 0.329 e. The molecule has 1 N–H and O–H groups in total. The molecule has 1 fully saturated rings. The van der Waals surface area contributed by atoms with E-state index in [0.717, 1.165) is 32.1 Å². The Bertz CT molecular complexity index is 343. The fourth-order valence-electron chi connectivity index (χ4n) is 3.59. The van der Waals surface area contributed by atoms with Crippen LogP contribution in [-0.2, 0) is 9.59 Å². The van der Waals surface area contributed by atoms with Crippen LogP contribution in [-0.4, -0.2) is 34.0 Å². The van der Waals surface area contributed by atoms with Gasteiger partial charge in [-0.1, -0.05) is 39.5 Å². The van der Waals surface area contributed by atoms with Crippen molar-refractivity contribution in [2.75, 3.05) is 6.54 Å². The summed E-state index contributed by atoms with van der Waals surface area (Å²) >= 11 is 0.